The van der Waals surface area contributed by atoms with Gasteiger partial charge in [-0.3, -0.25) is 4.79 Å². The van der Waals surface area contributed by atoms with Crippen LogP contribution in [0, 0.1) is 5.92 Å². The second-order valence-corrected chi connectivity index (χ2v) is 6.36. The Kier molecular flexibility index (Phi) is 5.89. The maximum atomic E-state index is 11.9. The number of halogens is 1. The Morgan fingerprint density at radius 2 is 2.10 bits per heavy atom. The van der Waals surface area contributed by atoms with Crippen molar-refractivity contribution in [2.75, 3.05) is 6.61 Å². The van der Waals surface area contributed by atoms with E-state index < -0.39 is 0 Å². The minimum atomic E-state index is -0.0232. The molecule has 2 rings (SSSR count). The average molecular weight is 340 g/mol. The molecule has 1 amide bonds. The van der Waals surface area contributed by atoms with Crippen molar-refractivity contribution in [3.63, 3.8) is 0 Å². The second kappa shape index (κ2) is 7.67. The summed E-state index contributed by atoms with van der Waals surface area (Å²) in [7, 11) is 0. The van der Waals surface area contributed by atoms with Crippen molar-refractivity contribution in [2.45, 2.75) is 45.1 Å². The van der Waals surface area contributed by atoms with E-state index in [0.29, 0.717) is 11.8 Å². The van der Waals surface area contributed by atoms with Crippen LogP contribution < -0.4 is 10.1 Å². The smallest absolute Gasteiger partial charge is 0.258 e. The highest BCUT2D eigenvalue weighted by Gasteiger charge is 2.21. The number of benzene rings is 1. The molecule has 0 aromatic heterocycles. The summed E-state index contributed by atoms with van der Waals surface area (Å²) in [5.74, 6) is 1.54. The molecular formula is C16H22BrNO2. The van der Waals surface area contributed by atoms with E-state index >= 15 is 0 Å². The third-order valence-corrected chi connectivity index (χ3v) is 4.45. The Bertz CT molecular complexity index is 442. The summed E-state index contributed by atoms with van der Waals surface area (Å²) in [6.07, 6.45) is 5.91. The first-order chi connectivity index (χ1) is 9.67. The molecule has 1 saturated carbocycles. The van der Waals surface area contributed by atoms with Crippen molar-refractivity contribution < 1.29 is 9.53 Å². The molecule has 0 radical (unpaired) electrons. The van der Waals surface area contributed by atoms with Gasteiger partial charge in [-0.25, -0.2) is 0 Å². The van der Waals surface area contributed by atoms with Crippen LogP contribution in [0.5, 0.6) is 5.75 Å². The van der Waals surface area contributed by atoms with Gasteiger partial charge in [0.15, 0.2) is 6.61 Å². The standard InChI is InChI=1S/C16H22BrNO2/c1-2-12-6-8-14(9-7-12)18-16(19)11-20-15-5-3-4-13(17)10-15/h3-5,10,12,14H,2,6-9,11H2,1H3,(H,18,19). The molecule has 1 aliphatic rings. The normalized spacial score (nSPS) is 22.3. The molecule has 4 heteroatoms. The Morgan fingerprint density at radius 1 is 1.35 bits per heavy atom. The largest absolute Gasteiger partial charge is 0.484 e. The summed E-state index contributed by atoms with van der Waals surface area (Å²) in [6, 6.07) is 7.86. The average Bonchev–Trinajstić information content (AvgIpc) is 2.46. The van der Waals surface area contributed by atoms with Crippen LogP contribution in [0.2, 0.25) is 0 Å². The highest BCUT2D eigenvalue weighted by Crippen LogP contribution is 2.26. The number of ether oxygens (including phenoxy) is 1. The first kappa shape index (κ1) is 15.4. The van der Waals surface area contributed by atoms with Gasteiger partial charge < -0.3 is 10.1 Å². The van der Waals surface area contributed by atoms with Crippen LogP contribution >= 0.6 is 15.9 Å². The molecule has 1 N–H and O–H groups in total. The number of hydrogen-bond acceptors (Lipinski definition) is 2. The fourth-order valence-electron chi connectivity index (χ4n) is 2.69. The van der Waals surface area contributed by atoms with Crippen LogP contribution in [-0.2, 0) is 4.79 Å². The minimum Gasteiger partial charge on any atom is -0.484 e. The molecule has 1 aliphatic carbocycles. The summed E-state index contributed by atoms with van der Waals surface area (Å²) in [6.45, 7) is 2.33. The molecule has 110 valence electrons. The van der Waals surface area contributed by atoms with E-state index in [1.165, 1.54) is 19.3 Å². The van der Waals surface area contributed by atoms with Gasteiger partial charge in [0.25, 0.3) is 5.91 Å². The van der Waals surface area contributed by atoms with Gasteiger partial charge in [-0.2, -0.15) is 0 Å². The molecule has 1 aromatic carbocycles. The number of hydrogen-bond donors (Lipinski definition) is 1. The zero-order valence-electron chi connectivity index (χ0n) is 11.9. The summed E-state index contributed by atoms with van der Waals surface area (Å²) < 4.78 is 6.44. The van der Waals surface area contributed by atoms with Crippen LogP contribution in [0.1, 0.15) is 39.0 Å². The van der Waals surface area contributed by atoms with E-state index in [4.69, 9.17) is 4.74 Å². The van der Waals surface area contributed by atoms with Crippen molar-refractivity contribution in [1.82, 2.24) is 5.32 Å². The van der Waals surface area contributed by atoms with Crippen molar-refractivity contribution in [3.8, 4) is 5.75 Å². The van der Waals surface area contributed by atoms with Gasteiger partial charge >= 0.3 is 0 Å². The topological polar surface area (TPSA) is 38.3 Å². The van der Waals surface area contributed by atoms with Crippen LogP contribution in [0.15, 0.2) is 28.7 Å². The van der Waals surface area contributed by atoms with E-state index in [2.05, 4.69) is 28.2 Å². The van der Waals surface area contributed by atoms with E-state index in [1.54, 1.807) is 0 Å². The van der Waals surface area contributed by atoms with Crippen LogP contribution in [-0.4, -0.2) is 18.6 Å². The molecule has 0 atom stereocenters. The van der Waals surface area contributed by atoms with Crippen molar-refractivity contribution in [1.29, 1.82) is 0 Å². The maximum absolute atomic E-state index is 11.9. The highest BCUT2D eigenvalue weighted by atomic mass is 79.9. The van der Waals surface area contributed by atoms with Crippen molar-refractivity contribution in [2.24, 2.45) is 5.92 Å². The molecule has 1 aromatic rings. The Morgan fingerprint density at radius 3 is 2.75 bits per heavy atom. The van der Waals surface area contributed by atoms with Gasteiger partial charge in [0.1, 0.15) is 5.75 Å². The van der Waals surface area contributed by atoms with Crippen LogP contribution in [0.4, 0.5) is 0 Å². The van der Waals surface area contributed by atoms with E-state index in [-0.39, 0.29) is 12.5 Å². The molecular weight excluding hydrogens is 318 g/mol. The molecule has 3 nitrogen and oxygen atoms in total. The van der Waals surface area contributed by atoms with Gasteiger partial charge in [0.2, 0.25) is 0 Å². The molecule has 0 spiro atoms. The summed E-state index contributed by atoms with van der Waals surface area (Å²) in [5.41, 5.74) is 0. The Balaban J connectivity index is 1.71. The summed E-state index contributed by atoms with van der Waals surface area (Å²) >= 11 is 3.38. The number of carbonyl (C=O) groups is 1. The third-order valence-electron chi connectivity index (χ3n) is 3.96. The lowest BCUT2D eigenvalue weighted by Crippen LogP contribution is -2.40. The summed E-state index contributed by atoms with van der Waals surface area (Å²) in [4.78, 5) is 11.9. The van der Waals surface area contributed by atoms with Gasteiger partial charge in [-0.1, -0.05) is 35.3 Å². The molecule has 1 fully saturated rings. The van der Waals surface area contributed by atoms with Gasteiger partial charge in [0, 0.05) is 10.5 Å². The quantitative estimate of drug-likeness (QED) is 0.882. The molecule has 0 heterocycles. The van der Waals surface area contributed by atoms with Crippen LogP contribution in [0.3, 0.4) is 0 Å². The van der Waals surface area contributed by atoms with Gasteiger partial charge in [-0.15, -0.1) is 0 Å². The first-order valence-electron chi connectivity index (χ1n) is 7.35. The molecule has 0 aliphatic heterocycles. The SMILES string of the molecule is CCC1CCC(NC(=O)COc2cccc(Br)c2)CC1. The Hall–Kier alpha value is -1.03. The number of amides is 1. The Labute approximate surface area is 129 Å². The van der Waals surface area contributed by atoms with Gasteiger partial charge in [0.05, 0.1) is 0 Å². The number of nitrogens with one attached hydrogen (secondary N) is 1. The second-order valence-electron chi connectivity index (χ2n) is 5.44. The highest BCUT2D eigenvalue weighted by molar-refractivity contribution is 9.10. The third kappa shape index (κ3) is 4.82. The monoisotopic (exact) mass is 339 g/mol. The van der Waals surface area contributed by atoms with Crippen LogP contribution in [0.25, 0.3) is 0 Å². The molecule has 0 bridgehead atoms. The first-order valence-corrected chi connectivity index (χ1v) is 8.14. The lowest BCUT2D eigenvalue weighted by Gasteiger charge is -2.28. The number of carbonyl (C=O) groups excluding carboxylic acids is 1. The molecule has 0 unspecified atom stereocenters. The molecule has 0 saturated heterocycles. The fourth-order valence-corrected chi connectivity index (χ4v) is 3.07. The lowest BCUT2D eigenvalue weighted by atomic mass is 9.84. The van der Waals surface area contributed by atoms with E-state index in [9.17, 15) is 4.79 Å². The predicted molar refractivity (Wildman–Crippen MR) is 83.8 cm³/mol. The van der Waals surface area contributed by atoms with Crippen molar-refractivity contribution >= 4 is 21.8 Å². The van der Waals surface area contributed by atoms with Gasteiger partial charge in [-0.05, 0) is 49.8 Å². The fraction of sp³-hybridized carbons (Fsp3) is 0.562. The maximum Gasteiger partial charge on any atom is 0.258 e. The van der Waals surface area contributed by atoms with E-state index in [1.807, 2.05) is 24.3 Å². The predicted octanol–water partition coefficient (Wildman–Crippen LogP) is 3.91. The zero-order valence-corrected chi connectivity index (χ0v) is 13.5. The van der Waals surface area contributed by atoms with E-state index in [0.717, 1.165) is 23.2 Å². The number of rotatable bonds is 5. The minimum absolute atomic E-state index is 0.0232. The molecule has 20 heavy (non-hydrogen) atoms. The lowest BCUT2D eigenvalue weighted by molar-refractivity contribution is -0.124. The van der Waals surface area contributed by atoms with Crippen molar-refractivity contribution in [3.05, 3.63) is 28.7 Å². The zero-order chi connectivity index (χ0) is 14.4. The summed E-state index contributed by atoms with van der Waals surface area (Å²) in [5, 5.41) is 3.07.